The van der Waals surface area contributed by atoms with Crippen molar-refractivity contribution in [3.8, 4) is 11.5 Å². The number of hydrogen-bond acceptors (Lipinski definition) is 6. The maximum Gasteiger partial charge on any atom is 0.217 e. The molecule has 29 heavy (non-hydrogen) atoms. The van der Waals surface area contributed by atoms with Crippen LogP contribution in [0, 0.1) is 0 Å². The summed E-state index contributed by atoms with van der Waals surface area (Å²) in [5, 5.41) is 11.9. The number of nitrogens with zero attached hydrogens (tertiary/aromatic N) is 4. The molecule has 1 aliphatic carbocycles. The average molecular weight is 399 g/mol. The largest absolute Gasteiger partial charge is 0.493 e. The number of nitrogens with one attached hydrogen (secondary N) is 1. The van der Waals surface area contributed by atoms with Gasteiger partial charge in [0.1, 0.15) is 11.6 Å². The number of fused-ring (bicyclic) bond motifs is 1. The molecule has 0 unspecified atom stereocenters. The summed E-state index contributed by atoms with van der Waals surface area (Å²) in [6, 6.07) is 6.29. The summed E-state index contributed by atoms with van der Waals surface area (Å²) in [4.78, 5) is 13.6. The van der Waals surface area contributed by atoms with Gasteiger partial charge in [-0.15, -0.1) is 10.2 Å². The van der Waals surface area contributed by atoms with E-state index < -0.39 is 0 Å². The van der Waals surface area contributed by atoms with Crippen molar-refractivity contribution in [1.29, 1.82) is 0 Å². The molecule has 1 N–H and O–H groups in total. The van der Waals surface area contributed by atoms with Gasteiger partial charge >= 0.3 is 0 Å². The van der Waals surface area contributed by atoms with Crippen molar-refractivity contribution in [2.45, 2.75) is 51.2 Å². The molecule has 2 aromatic rings. The van der Waals surface area contributed by atoms with Crippen LogP contribution < -0.4 is 14.8 Å². The molecule has 2 aliphatic rings. The molecule has 0 spiro atoms. The van der Waals surface area contributed by atoms with Gasteiger partial charge in [-0.2, -0.15) is 0 Å². The summed E-state index contributed by atoms with van der Waals surface area (Å²) in [6.45, 7) is 4.69. The number of hydrogen-bond donors (Lipinski definition) is 1. The Morgan fingerprint density at radius 1 is 1.34 bits per heavy atom. The number of methoxy groups -OCH3 is 1. The first kappa shape index (κ1) is 19.7. The molecule has 8 nitrogen and oxygen atoms in total. The standard InChI is InChI=1S/C21H29N5O3/c1-14(27)22-17-10-16(11-17)21-24-23-19(25(21)2)13-26-8-5-9-29-20-15(12-26)6-4-7-18(20)28-3/h4,6-7,16-17H,5,8-13H2,1-3H3,(H,22,27). The van der Waals surface area contributed by atoms with Crippen LogP contribution in [0.4, 0.5) is 0 Å². The van der Waals surface area contributed by atoms with Crippen LogP contribution in [-0.2, 0) is 24.9 Å². The van der Waals surface area contributed by atoms with E-state index in [1.165, 1.54) is 0 Å². The van der Waals surface area contributed by atoms with Crippen LogP contribution in [0.3, 0.4) is 0 Å². The lowest BCUT2D eigenvalue weighted by atomic mass is 9.79. The highest BCUT2D eigenvalue weighted by atomic mass is 16.5. The quantitative estimate of drug-likeness (QED) is 0.828. The summed E-state index contributed by atoms with van der Waals surface area (Å²) in [5.74, 6) is 4.00. The smallest absolute Gasteiger partial charge is 0.217 e. The Morgan fingerprint density at radius 2 is 2.17 bits per heavy atom. The molecule has 0 radical (unpaired) electrons. The summed E-state index contributed by atoms with van der Waals surface area (Å²) in [6.07, 6.45) is 2.81. The van der Waals surface area contributed by atoms with Gasteiger partial charge in [-0.3, -0.25) is 9.69 Å². The minimum absolute atomic E-state index is 0.0325. The topological polar surface area (TPSA) is 81.5 Å². The lowest BCUT2D eigenvalue weighted by molar-refractivity contribution is -0.120. The molecular weight excluding hydrogens is 370 g/mol. The number of benzene rings is 1. The Kier molecular flexibility index (Phi) is 5.71. The van der Waals surface area contributed by atoms with Gasteiger partial charge in [-0.1, -0.05) is 12.1 Å². The number of carbonyl (C=O) groups excluding carboxylic acids is 1. The van der Waals surface area contributed by atoms with E-state index in [9.17, 15) is 4.79 Å². The second-order valence-corrected chi connectivity index (χ2v) is 7.96. The summed E-state index contributed by atoms with van der Waals surface area (Å²) in [7, 11) is 3.72. The molecule has 1 saturated carbocycles. The first-order valence-electron chi connectivity index (χ1n) is 10.2. The molecule has 8 heteroatoms. The van der Waals surface area contributed by atoms with Gasteiger partial charge in [0.05, 0.1) is 20.3 Å². The summed E-state index contributed by atoms with van der Waals surface area (Å²) >= 11 is 0. The first-order chi connectivity index (χ1) is 14.0. The van der Waals surface area contributed by atoms with Gasteiger partial charge in [0, 0.05) is 44.6 Å². The number of aromatic nitrogens is 3. The van der Waals surface area contributed by atoms with E-state index in [2.05, 4.69) is 31.0 Å². The van der Waals surface area contributed by atoms with Crippen LogP contribution in [0.2, 0.25) is 0 Å². The molecule has 4 rings (SSSR count). The van der Waals surface area contributed by atoms with Crippen LogP contribution >= 0.6 is 0 Å². The van der Waals surface area contributed by atoms with Crippen molar-refractivity contribution in [1.82, 2.24) is 25.0 Å². The fourth-order valence-electron chi connectivity index (χ4n) is 4.23. The zero-order chi connectivity index (χ0) is 20.4. The van der Waals surface area contributed by atoms with Crippen LogP contribution in [0.15, 0.2) is 18.2 Å². The van der Waals surface area contributed by atoms with Crippen molar-refractivity contribution in [2.24, 2.45) is 7.05 Å². The Labute approximate surface area is 171 Å². The molecule has 1 aromatic carbocycles. The lowest BCUT2D eigenvalue weighted by Gasteiger charge is -2.34. The molecule has 0 saturated heterocycles. The normalized spacial score (nSPS) is 21.9. The summed E-state index contributed by atoms with van der Waals surface area (Å²) < 4.78 is 13.5. The molecule has 0 atom stereocenters. The zero-order valence-electron chi connectivity index (χ0n) is 17.4. The predicted molar refractivity (Wildman–Crippen MR) is 108 cm³/mol. The minimum atomic E-state index is 0.0325. The number of carbonyl (C=O) groups is 1. The van der Waals surface area contributed by atoms with Gasteiger partial charge in [0.2, 0.25) is 5.91 Å². The molecule has 1 amide bonds. The molecule has 156 valence electrons. The number of ether oxygens (including phenoxy) is 2. The third kappa shape index (κ3) is 4.22. The lowest BCUT2D eigenvalue weighted by Crippen LogP contribution is -2.43. The van der Waals surface area contributed by atoms with Gasteiger partial charge in [-0.25, -0.2) is 0 Å². The molecule has 0 bridgehead atoms. The predicted octanol–water partition coefficient (Wildman–Crippen LogP) is 1.99. The Morgan fingerprint density at radius 3 is 2.93 bits per heavy atom. The highest BCUT2D eigenvalue weighted by Crippen LogP contribution is 2.36. The fourth-order valence-corrected chi connectivity index (χ4v) is 4.23. The van der Waals surface area contributed by atoms with Crippen molar-refractivity contribution < 1.29 is 14.3 Å². The van der Waals surface area contributed by atoms with E-state index >= 15 is 0 Å². The average Bonchev–Trinajstić information content (AvgIpc) is 2.99. The van der Waals surface area contributed by atoms with Gasteiger partial charge < -0.3 is 19.4 Å². The van der Waals surface area contributed by atoms with E-state index in [1.54, 1.807) is 14.0 Å². The van der Waals surface area contributed by atoms with Gasteiger partial charge in [0.25, 0.3) is 0 Å². The third-order valence-electron chi connectivity index (χ3n) is 5.81. The van der Waals surface area contributed by atoms with Crippen LogP contribution in [0.1, 0.15) is 49.3 Å². The number of amides is 1. The highest BCUT2D eigenvalue weighted by Gasteiger charge is 2.34. The molecule has 1 aromatic heterocycles. The second-order valence-electron chi connectivity index (χ2n) is 7.96. The Balaban J connectivity index is 1.44. The van der Waals surface area contributed by atoms with Crippen molar-refractivity contribution in [2.75, 3.05) is 20.3 Å². The highest BCUT2D eigenvalue weighted by molar-refractivity contribution is 5.73. The number of rotatable bonds is 5. The maximum atomic E-state index is 11.2. The molecule has 2 heterocycles. The van der Waals surface area contributed by atoms with Crippen LogP contribution in [-0.4, -0.2) is 51.9 Å². The van der Waals surface area contributed by atoms with Crippen molar-refractivity contribution >= 4 is 5.91 Å². The first-order valence-corrected chi connectivity index (χ1v) is 10.2. The zero-order valence-corrected chi connectivity index (χ0v) is 17.4. The monoisotopic (exact) mass is 399 g/mol. The Hall–Kier alpha value is -2.61. The maximum absolute atomic E-state index is 11.2. The van der Waals surface area contributed by atoms with Gasteiger partial charge in [-0.05, 0) is 25.3 Å². The SMILES string of the molecule is COc1cccc2c1OCCCN(Cc1nnc(C3CC(NC(C)=O)C3)n1C)C2. The molecule has 1 fully saturated rings. The van der Waals surface area contributed by atoms with E-state index in [1.807, 2.05) is 19.2 Å². The van der Waals surface area contributed by atoms with Crippen molar-refractivity contribution in [3.63, 3.8) is 0 Å². The van der Waals surface area contributed by atoms with Crippen LogP contribution in [0.5, 0.6) is 11.5 Å². The van der Waals surface area contributed by atoms with Gasteiger partial charge in [0.15, 0.2) is 11.5 Å². The van der Waals surface area contributed by atoms with Crippen molar-refractivity contribution in [3.05, 3.63) is 35.4 Å². The third-order valence-corrected chi connectivity index (χ3v) is 5.81. The summed E-state index contributed by atoms with van der Waals surface area (Å²) in [5.41, 5.74) is 1.13. The molecule has 1 aliphatic heterocycles. The van der Waals surface area contributed by atoms with E-state index in [0.29, 0.717) is 12.5 Å². The Bertz CT molecular complexity index is 875. The molecular formula is C21H29N5O3. The fraction of sp³-hybridized carbons (Fsp3) is 0.571. The van der Waals surface area contributed by atoms with Crippen LogP contribution in [0.25, 0.3) is 0 Å². The van der Waals surface area contributed by atoms with E-state index in [4.69, 9.17) is 9.47 Å². The van der Waals surface area contributed by atoms with E-state index in [-0.39, 0.29) is 11.9 Å². The second kappa shape index (κ2) is 8.41. The number of para-hydroxylation sites is 1. The van der Waals surface area contributed by atoms with E-state index in [0.717, 1.165) is 67.6 Å². The minimum Gasteiger partial charge on any atom is -0.493 e.